The summed E-state index contributed by atoms with van der Waals surface area (Å²) in [6.45, 7) is 3.08. The van der Waals surface area contributed by atoms with Crippen molar-refractivity contribution >= 4 is 50.4 Å². The van der Waals surface area contributed by atoms with Crippen molar-refractivity contribution in [3.63, 3.8) is 0 Å². The third-order valence-corrected chi connectivity index (χ3v) is 9.22. The number of nitrogens with two attached hydrogens (primary N) is 1. The Morgan fingerprint density at radius 2 is 1.95 bits per heavy atom. The number of imidazole rings is 1. The van der Waals surface area contributed by atoms with Crippen LogP contribution in [0.3, 0.4) is 0 Å². The first-order chi connectivity index (χ1) is 21.2. The van der Waals surface area contributed by atoms with Crippen LogP contribution in [-0.2, 0) is 17.5 Å². The van der Waals surface area contributed by atoms with E-state index in [1.165, 1.54) is 39.1 Å². The van der Waals surface area contributed by atoms with Gasteiger partial charge in [0, 0.05) is 31.2 Å². The molecule has 0 aliphatic carbocycles. The summed E-state index contributed by atoms with van der Waals surface area (Å²) in [4.78, 5) is 44.2. The second-order valence-corrected chi connectivity index (χ2v) is 12.5. The van der Waals surface area contributed by atoms with Crippen LogP contribution in [0.25, 0.3) is 11.0 Å². The fourth-order valence-electron chi connectivity index (χ4n) is 4.79. The molecule has 3 N–H and O–H groups in total. The number of nitrogens with zero attached hydrogens (tertiary/aromatic N) is 6. The van der Waals surface area contributed by atoms with Gasteiger partial charge in [-0.05, 0) is 66.6 Å². The third-order valence-electron chi connectivity index (χ3n) is 6.99. The van der Waals surface area contributed by atoms with Gasteiger partial charge in [0.15, 0.2) is 0 Å². The summed E-state index contributed by atoms with van der Waals surface area (Å²) >= 11 is 0. The number of halogens is 3. The maximum absolute atomic E-state index is 13.3. The van der Waals surface area contributed by atoms with Gasteiger partial charge in [-0.3, -0.25) is 9.47 Å². The lowest BCUT2D eigenvalue weighted by atomic mass is 10.1. The molecule has 1 amide bonds. The van der Waals surface area contributed by atoms with Crippen LogP contribution < -0.4 is 16.3 Å². The Morgan fingerprint density at radius 1 is 1.14 bits per heavy atom. The van der Waals surface area contributed by atoms with Gasteiger partial charge in [0.2, 0.25) is 0 Å². The van der Waals surface area contributed by atoms with E-state index in [1.807, 2.05) is 18.2 Å². The molecule has 0 bridgehead atoms. The number of carbonyl (C=O) groups excluding carboxylic acids is 1. The summed E-state index contributed by atoms with van der Waals surface area (Å²) in [6.07, 6.45) is 1.37. The Labute approximate surface area is 258 Å². The first kappa shape index (κ1) is 31.7. The van der Waals surface area contributed by atoms with Gasteiger partial charge in [0.25, 0.3) is 0 Å². The Bertz CT molecular complexity index is 1610. The maximum atomic E-state index is 13.3. The van der Waals surface area contributed by atoms with Crippen molar-refractivity contribution in [3.05, 3.63) is 70.5 Å². The van der Waals surface area contributed by atoms with Gasteiger partial charge >= 0.3 is 18.0 Å². The minimum absolute atomic E-state index is 0.0234. The molecule has 0 aromatic carbocycles. The molecule has 5 heterocycles. The van der Waals surface area contributed by atoms with Gasteiger partial charge in [-0.15, -0.1) is 0 Å². The van der Waals surface area contributed by atoms with Crippen molar-refractivity contribution in [2.24, 2.45) is 0 Å². The van der Waals surface area contributed by atoms with Crippen molar-refractivity contribution in [3.8, 4) is 0 Å². The number of fused-ring (bicyclic) bond motifs is 1. The van der Waals surface area contributed by atoms with E-state index < -0.39 is 29.5 Å². The van der Waals surface area contributed by atoms with Crippen LogP contribution in [0.1, 0.15) is 30.5 Å². The molecule has 0 saturated carbocycles. The van der Waals surface area contributed by atoms with Gasteiger partial charge in [0.1, 0.15) is 34.5 Å². The molecule has 11 nitrogen and oxygen atoms in total. The summed E-state index contributed by atoms with van der Waals surface area (Å²) < 4.78 is 46.7. The number of aromatic amines is 1. The molecule has 1 aliphatic heterocycles. The van der Waals surface area contributed by atoms with E-state index in [2.05, 4.69) is 24.8 Å². The van der Waals surface area contributed by atoms with Gasteiger partial charge in [0.05, 0.1) is 12.1 Å². The predicted molar refractivity (Wildman–Crippen MR) is 165 cm³/mol. The zero-order chi connectivity index (χ0) is 31.1. The van der Waals surface area contributed by atoms with Crippen molar-refractivity contribution < 1.29 is 22.7 Å². The van der Waals surface area contributed by atoms with Crippen LogP contribution in [0.5, 0.6) is 0 Å². The van der Waals surface area contributed by atoms with Gasteiger partial charge in [-0.25, -0.2) is 24.5 Å². The molecule has 0 unspecified atom stereocenters. The highest BCUT2D eigenvalue weighted by molar-refractivity contribution is 8.76. The highest BCUT2D eigenvalue weighted by atomic mass is 33.1. The Morgan fingerprint density at radius 3 is 2.66 bits per heavy atom. The first-order valence-corrected chi connectivity index (χ1v) is 16.3. The number of hydrogen-bond donors (Lipinski definition) is 2. The number of H-pyrrole nitrogens is 1. The smallest absolute Gasteiger partial charge is 0.433 e. The summed E-state index contributed by atoms with van der Waals surface area (Å²) in [5.74, 6) is 0.510. The van der Waals surface area contributed by atoms with E-state index in [4.69, 9.17) is 10.5 Å². The number of rotatable bonds is 11. The zero-order valence-electron chi connectivity index (χ0n) is 23.6. The molecule has 16 heteroatoms. The van der Waals surface area contributed by atoms with E-state index in [9.17, 15) is 22.8 Å². The quantitative estimate of drug-likeness (QED) is 0.168. The molecule has 4 aromatic rings. The van der Waals surface area contributed by atoms with Crippen molar-refractivity contribution in [1.82, 2.24) is 29.4 Å². The number of anilines is 2. The largest absolute Gasteiger partial charge is 0.448 e. The number of likely N-dealkylation sites (tertiary alicyclic amines) is 1. The highest BCUT2D eigenvalue weighted by Crippen LogP contribution is 2.31. The number of nitrogen functional groups attached to an aromatic ring is 1. The number of aromatic nitrogens is 5. The molecule has 0 radical (unpaired) electrons. The summed E-state index contributed by atoms with van der Waals surface area (Å²) in [5, 5.41) is 0.868. The average molecular weight is 649 g/mol. The number of carbonyl (C=O) groups is 1. The van der Waals surface area contributed by atoms with Crippen LogP contribution in [0, 0.1) is 0 Å². The number of hydrogen-bond acceptors (Lipinski definition) is 10. The Kier molecular flexibility index (Phi) is 10.3. The number of nitrogens with one attached hydrogen (secondary N) is 1. The molecule has 4 aromatic heterocycles. The molecular formula is C28H31F3N8O3S2. The predicted octanol–water partition coefficient (Wildman–Crippen LogP) is 5.03. The fourth-order valence-corrected chi connectivity index (χ4v) is 6.50. The molecule has 44 heavy (non-hydrogen) atoms. The topological polar surface area (TPSA) is 135 Å². The van der Waals surface area contributed by atoms with E-state index in [1.54, 1.807) is 18.3 Å². The summed E-state index contributed by atoms with van der Waals surface area (Å²) in [7, 11) is 3.03. The SMILES string of the molecule is Nc1nc(C(F)(F)F)cc2c1[nH]c(=O)n2Cc1ccc(N(CCN2CCCCC2)C(=O)OCCSSc2ccccn2)nc1. The van der Waals surface area contributed by atoms with Gasteiger partial charge in [-0.2, -0.15) is 13.2 Å². The number of ether oxygens (including phenoxy) is 1. The number of alkyl halides is 3. The lowest BCUT2D eigenvalue weighted by Gasteiger charge is -2.29. The van der Waals surface area contributed by atoms with Crippen molar-refractivity contribution in [2.45, 2.75) is 37.0 Å². The lowest BCUT2D eigenvalue weighted by molar-refractivity contribution is -0.141. The second-order valence-electron chi connectivity index (χ2n) is 10.1. The maximum Gasteiger partial charge on any atom is 0.433 e. The lowest BCUT2D eigenvalue weighted by Crippen LogP contribution is -2.41. The fraction of sp³-hybridized carbons (Fsp3) is 0.393. The molecular weight excluding hydrogens is 617 g/mol. The van der Waals surface area contributed by atoms with E-state index >= 15 is 0 Å². The molecule has 1 saturated heterocycles. The van der Waals surface area contributed by atoms with Gasteiger partial charge in [-0.1, -0.05) is 29.3 Å². The van der Waals surface area contributed by atoms with Crippen LogP contribution in [0.2, 0.25) is 0 Å². The molecule has 0 spiro atoms. The first-order valence-electron chi connectivity index (χ1n) is 14.0. The third kappa shape index (κ3) is 8.04. The van der Waals surface area contributed by atoms with E-state index in [-0.39, 0.29) is 24.2 Å². The minimum atomic E-state index is -4.73. The minimum Gasteiger partial charge on any atom is -0.448 e. The van der Waals surface area contributed by atoms with Crippen LogP contribution in [0.4, 0.5) is 29.6 Å². The zero-order valence-corrected chi connectivity index (χ0v) is 25.3. The van der Waals surface area contributed by atoms with E-state index in [0.29, 0.717) is 30.2 Å². The van der Waals surface area contributed by atoms with Crippen LogP contribution >= 0.6 is 21.6 Å². The number of pyridine rings is 3. The standard InChI is InChI=1S/C28H31F3N8O3S2/c29-28(30,31)21-16-20-24(25(32)35-21)36-26(40)39(20)18-19-7-8-22(34-17-19)38(13-12-37-10-4-1-5-11-37)27(41)42-14-15-43-44-23-6-2-3-9-33-23/h2-3,6-9,16-17H,1,4-5,10-15,18H2,(H2,32,35)(H,36,40). The van der Waals surface area contributed by atoms with E-state index in [0.717, 1.165) is 41.6 Å². The Balaban J connectivity index is 1.28. The normalized spacial score (nSPS) is 14.2. The number of amides is 1. The Hall–Kier alpha value is -3.76. The summed E-state index contributed by atoms with van der Waals surface area (Å²) in [5.41, 5.74) is 4.41. The van der Waals surface area contributed by atoms with Gasteiger partial charge < -0.3 is 20.4 Å². The summed E-state index contributed by atoms with van der Waals surface area (Å²) in [6, 6.07) is 9.75. The van der Waals surface area contributed by atoms with Crippen molar-refractivity contribution in [2.75, 3.05) is 49.2 Å². The van der Waals surface area contributed by atoms with Crippen LogP contribution in [-0.4, -0.2) is 74.0 Å². The highest BCUT2D eigenvalue weighted by Gasteiger charge is 2.34. The molecule has 0 atom stereocenters. The average Bonchev–Trinajstić information content (AvgIpc) is 3.33. The second kappa shape index (κ2) is 14.3. The molecule has 234 valence electrons. The molecule has 5 rings (SSSR count). The monoisotopic (exact) mass is 648 g/mol. The van der Waals surface area contributed by atoms with Crippen molar-refractivity contribution in [1.29, 1.82) is 0 Å². The number of piperidine rings is 1. The van der Waals surface area contributed by atoms with Crippen LogP contribution in [0.15, 0.2) is 58.6 Å². The molecule has 1 aliphatic rings. The molecule has 1 fully saturated rings.